The number of methoxy groups -OCH3 is 1. The predicted molar refractivity (Wildman–Crippen MR) is 114 cm³/mol. The summed E-state index contributed by atoms with van der Waals surface area (Å²) in [6.45, 7) is 3.87. The monoisotopic (exact) mass is 446 g/mol. The summed E-state index contributed by atoms with van der Waals surface area (Å²) in [6.07, 6.45) is 1.43. The second-order valence-corrected chi connectivity index (χ2v) is 9.29. The van der Waals surface area contributed by atoms with Crippen molar-refractivity contribution in [1.82, 2.24) is 9.73 Å². The van der Waals surface area contributed by atoms with Crippen LogP contribution in [0.2, 0.25) is 0 Å². The fraction of sp³-hybridized carbons (Fsp3) is 0.333. The Morgan fingerprint density at radius 3 is 2.55 bits per heavy atom. The predicted octanol–water partition coefficient (Wildman–Crippen LogP) is -0.883. The van der Waals surface area contributed by atoms with E-state index in [0.717, 1.165) is 10.5 Å². The van der Waals surface area contributed by atoms with E-state index in [1.165, 1.54) is 29.8 Å². The average Bonchev–Trinajstić information content (AvgIpc) is 2.75. The number of nitrogens with zero attached hydrogens (tertiary/aromatic N) is 2. The number of piperazine rings is 1. The number of nitrogens with one attached hydrogen (secondary N) is 2. The molecule has 0 radical (unpaired) electrons. The van der Waals surface area contributed by atoms with Crippen molar-refractivity contribution in [3.05, 3.63) is 53.6 Å². The highest BCUT2D eigenvalue weighted by Crippen LogP contribution is 2.22. The molecule has 2 aromatic rings. The number of hydrogen-bond donors (Lipinski definition) is 2. The van der Waals surface area contributed by atoms with Gasteiger partial charge in [-0.1, -0.05) is 35.6 Å². The lowest BCUT2D eigenvalue weighted by Gasteiger charge is -2.31. The van der Waals surface area contributed by atoms with Crippen molar-refractivity contribution in [2.45, 2.75) is 11.8 Å². The highest BCUT2D eigenvalue weighted by atomic mass is 32.2. The molecule has 1 fully saturated rings. The van der Waals surface area contributed by atoms with Crippen molar-refractivity contribution in [2.75, 3.05) is 39.8 Å². The zero-order valence-corrected chi connectivity index (χ0v) is 18.3. The second-order valence-electron chi connectivity index (χ2n) is 7.35. The first-order valence-electron chi connectivity index (χ1n) is 9.87. The van der Waals surface area contributed by atoms with Gasteiger partial charge in [0.05, 0.1) is 44.4 Å². The van der Waals surface area contributed by atoms with E-state index < -0.39 is 10.0 Å². The van der Waals surface area contributed by atoms with Crippen LogP contribution in [0.15, 0.2) is 52.5 Å². The summed E-state index contributed by atoms with van der Waals surface area (Å²) >= 11 is 0. The zero-order valence-electron chi connectivity index (χ0n) is 17.5. The SMILES string of the molecule is COc1cc(/C=N/NC(=O)C[NH+]2CCN(S(=O)(=O)c3ccc(C)cc3)CC2)ccc1[O-]. The zero-order chi connectivity index (χ0) is 22.4. The van der Waals surface area contributed by atoms with Gasteiger partial charge in [0.25, 0.3) is 5.91 Å². The van der Waals surface area contributed by atoms with E-state index in [-0.39, 0.29) is 28.8 Å². The van der Waals surface area contributed by atoms with Gasteiger partial charge in [-0.2, -0.15) is 9.41 Å². The summed E-state index contributed by atoms with van der Waals surface area (Å²) in [5.41, 5.74) is 4.09. The molecule has 1 heterocycles. The first-order valence-corrected chi connectivity index (χ1v) is 11.3. The van der Waals surface area contributed by atoms with Crippen LogP contribution < -0.4 is 20.2 Å². The molecule has 1 aliphatic rings. The van der Waals surface area contributed by atoms with Crippen LogP contribution in [-0.4, -0.2) is 64.7 Å². The van der Waals surface area contributed by atoms with Gasteiger partial charge < -0.3 is 14.7 Å². The molecule has 166 valence electrons. The number of ether oxygens (including phenoxy) is 1. The third-order valence-corrected chi connectivity index (χ3v) is 7.00. The first kappa shape index (κ1) is 22.7. The van der Waals surface area contributed by atoms with Crippen LogP contribution in [0.4, 0.5) is 0 Å². The maximum absolute atomic E-state index is 12.8. The van der Waals surface area contributed by atoms with Crippen LogP contribution >= 0.6 is 0 Å². The molecule has 10 heteroatoms. The lowest BCUT2D eigenvalue weighted by Crippen LogP contribution is -3.15. The van der Waals surface area contributed by atoms with E-state index >= 15 is 0 Å². The van der Waals surface area contributed by atoms with Crippen LogP contribution in [0.3, 0.4) is 0 Å². The second kappa shape index (κ2) is 9.90. The molecule has 0 unspecified atom stereocenters. The van der Waals surface area contributed by atoms with E-state index in [9.17, 15) is 18.3 Å². The molecule has 31 heavy (non-hydrogen) atoms. The minimum Gasteiger partial charge on any atom is -0.870 e. The van der Waals surface area contributed by atoms with E-state index in [4.69, 9.17) is 4.74 Å². The number of carbonyl (C=O) groups excluding carboxylic acids is 1. The van der Waals surface area contributed by atoms with Crippen molar-refractivity contribution in [3.8, 4) is 11.5 Å². The molecular weight excluding hydrogens is 420 g/mol. The Bertz CT molecular complexity index is 1050. The third kappa shape index (κ3) is 5.81. The number of hydrazone groups is 1. The van der Waals surface area contributed by atoms with Crippen LogP contribution in [0.25, 0.3) is 0 Å². The van der Waals surface area contributed by atoms with Gasteiger partial charge in [-0.05, 0) is 30.7 Å². The van der Waals surface area contributed by atoms with E-state index in [1.54, 1.807) is 30.3 Å². The van der Waals surface area contributed by atoms with Gasteiger partial charge in [0.15, 0.2) is 6.54 Å². The number of amides is 1. The highest BCUT2D eigenvalue weighted by Gasteiger charge is 2.31. The van der Waals surface area contributed by atoms with Gasteiger partial charge in [-0.15, -0.1) is 0 Å². The Kier molecular flexibility index (Phi) is 7.26. The van der Waals surface area contributed by atoms with Crippen LogP contribution in [0, 0.1) is 6.92 Å². The number of quaternary nitrogens is 1. The molecule has 3 rings (SSSR count). The van der Waals surface area contributed by atoms with Crippen LogP contribution in [-0.2, 0) is 14.8 Å². The van der Waals surface area contributed by atoms with Crippen LogP contribution in [0.1, 0.15) is 11.1 Å². The number of benzene rings is 2. The Labute approximate surface area is 182 Å². The fourth-order valence-corrected chi connectivity index (χ4v) is 4.73. The summed E-state index contributed by atoms with van der Waals surface area (Å²) in [6, 6.07) is 11.3. The molecular formula is C21H26N4O5S. The third-order valence-electron chi connectivity index (χ3n) is 5.09. The van der Waals surface area contributed by atoms with E-state index in [0.29, 0.717) is 31.7 Å². The first-order chi connectivity index (χ1) is 14.8. The smallest absolute Gasteiger partial charge is 0.295 e. The summed E-state index contributed by atoms with van der Waals surface area (Å²) in [4.78, 5) is 13.4. The molecule has 1 aliphatic heterocycles. The standard InChI is InChI=1S/C21H26N4O5S/c1-16-3-6-18(7-4-16)31(28,29)25-11-9-24(10-12-25)15-21(27)23-22-14-17-5-8-19(26)20(13-17)30-2/h3-8,13-14,26H,9-12,15H2,1-2H3,(H,23,27)/b22-14+. The molecule has 1 saturated heterocycles. The number of sulfonamides is 1. The van der Waals surface area contributed by atoms with Gasteiger partial charge in [-0.25, -0.2) is 13.8 Å². The Morgan fingerprint density at radius 2 is 1.90 bits per heavy atom. The van der Waals surface area contributed by atoms with E-state index in [2.05, 4.69) is 10.5 Å². The molecule has 0 saturated carbocycles. The summed E-state index contributed by atoms with van der Waals surface area (Å²) < 4.78 is 32.0. The van der Waals surface area contributed by atoms with Gasteiger partial charge in [0.1, 0.15) is 5.75 Å². The lowest BCUT2D eigenvalue weighted by molar-refractivity contribution is -0.895. The minimum absolute atomic E-state index is 0.193. The van der Waals surface area contributed by atoms with Crippen molar-refractivity contribution in [2.24, 2.45) is 5.10 Å². The number of carbonyl (C=O) groups is 1. The van der Waals surface area contributed by atoms with Crippen molar-refractivity contribution in [1.29, 1.82) is 0 Å². The molecule has 0 spiro atoms. The fourth-order valence-electron chi connectivity index (χ4n) is 3.29. The van der Waals surface area contributed by atoms with Crippen molar-refractivity contribution in [3.63, 3.8) is 0 Å². The van der Waals surface area contributed by atoms with Gasteiger partial charge in [0.2, 0.25) is 10.0 Å². The minimum atomic E-state index is -3.52. The number of rotatable bonds is 7. The van der Waals surface area contributed by atoms with Crippen molar-refractivity contribution < 1.29 is 28.0 Å². The molecule has 2 N–H and O–H groups in total. The quantitative estimate of drug-likeness (QED) is 0.423. The Hall–Kier alpha value is -2.95. The van der Waals surface area contributed by atoms with Gasteiger partial charge >= 0.3 is 0 Å². The maximum Gasteiger partial charge on any atom is 0.295 e. The lowest BCUT2D eigenvalue weighted by atomic mass is 10.2. The molecule has 0 atom stereocenters. The van der Waals surface area contributed by atoms with Crippen molar-refractivity contribution >= 4 is 22.1 Å². The number of aryl methyl sites for hydroxylation is 1. The van der Waals surface area contributed by atoms with E-state index in [1.807, 2.05) is 6.92 Å². The van der Waals surface area contributed by atoms with Gasteiger partial charge in [0, 0.05) is 0 Å². The molecule has 0 aromatic heterocycles. The largest absolute Gasteiger partial charge is 0.870 e. The summed E-state index contributed by atoms with van der Waals surface area (Å²) in [5.74, 6) is -0.289. The molecule has 0 aliphatic carbocycles. The van der Waals surface area contributed by atoms with Crippen LogP contribution in [0.5, 0.6) is 11.5 Å². The molecule has 2 aromatic carbocycles. The average molecular weight is 447 g/mol. The topological polar surface area (TPSA) is 116 Å². The summed E-state index contributed by atoms with van der Waals surface area (Å²) in [7, 11) is -2.11. The molecule has 0 bridgehead atoms. The molecule has 1 amide bonds. The normalized spacial score (nSPS) is 15.8. The van der Waals surface area contributed by atoms with Gasteiger partial charge in [-0.3, -0.25) is 4.79 Å². The highest BCUT2D eigenvalue weighted by molar-refractivity contribution is 7.89. The summed E-state index contributed by atoms with van der Waals surface area (Å²) in [5, 5.41) is 15.4. The maximum atomic E-state index is 12.8. The Balaban J connectivity index is 1.48. The number of hydrogen-bond acceptors (Lipinski definition) is 6. The molecule has 9 nitrogen and oxygen atoms in total. The Morgan fingerprint density at radius 1 is 1.23 bits per heavy atom.